The molecule has 21 atom stereocenters. The summed E-state index contributed by atoms with van der Waals surface area (Å²) in [7, 11) is 1.42. The zero-order valence-electron chi connectivity index (χ0n) is 44.6. The third kappa shape index (κ3) is 8.93. The molecule has 2 aliphatic heterocycles. The molecule has 2 aromatic carbocycles. The molecule has 0 radical (unpaired) electrons. The van der Waals surface area contributed by atoms with Gasteiger partial charge >= 0.3 is 11.9 Å². The van der Waals surface area contributed by atoms with Crippen molar-refractivity contribution in [2.45, 2.75) is 152 Å². The van der Waals surface area contributed by atoms with Gasteiger partial charge in [0.25, 0.3) is 0 Å². The summed E-state index contributed by atoms with van der Waals surface area (Å²) < 4.78 is 24.5. The van der Waals surface area contributed by atoms with Crippen LogP contribution in [-0.4, -0.2) is 123 Å². The number of esters is 2. The number of phenols is 1. The number of carbonyl (C=O) groups is 2. The molecule has 11 aliphatic rings. The minimum Gasteiger partial charge on any atom is -0.504 e. The second-order valence-corrected chi connectivity index (χ2v) is 24.7. The number of rotatable bonds is 16. The van der Waals surface area contributed by atoms with Crippen LogP contribution < -0.4 is 10.1 Å². The number of carbonyl (C=O) groups excluding carboxylic acids is 2. The zero-order valence-corrected chi connectivity index (χ0v) is 44.6. The highest BCUT2D eigenvalue weighted by Gasteiger charge is 2.73. The van der Waals surface area contributed by atoms with Gasteiger partial charge in [0.1, 0.15) is 12.2 Å². The standard InChI is InChI=1S/C62H81NO13/c1-33-6-5-7-39-30-60-22-18-42-35(3)46(60)13-14-48-54(69)43(53(33)39)19-23-61(48,60)47(42)15-17-52(68)74-57-55(70)56-49(63-31-34(2)66)20-24-62(72,76-56)58(57)75-59(71)41(26-37-9-16-50(67)51(28-37)73-4)29-45-40(32-65)12-11-38-10-8-36(21-25-64)27-44(38)45/h8-10,16,18-20,22-24,26-28,33-35,39-40,42-43,45-49,53-58,63-67,69-70,72H,5-7,11-15,17,21,25,29-32H2,1-4H3/b41-26+/t33-,34-,35+,39-,40-,42+,43-,45-,46+,47+,48+,49-,53-,54+,55-,56-,57+,58+,60+,61+,62+/m0/s1. The topological polar surface area (TPSA) is 225 Å². The van der Waals surface area contributed by atoms with E-state index < -0.39 is 60.4 Å². The molecular weight excluding hydrogens is 967 g/mol. The van der Waals surface area contributed by atoms with E-state index in [0.29, 0.717) is 60.8 Å². The number of allylic oxidation sites excluding steroid dienone is 3. The highest BCUT2D eigenvalue weighted by atomic mass is 16.7. The fourth-order valence-corrected chi connectivity index (χ4v) is 17.7. The Morgan fingerprint density at radius 1 is 0.934 bits per heavy atom. The summed E-state index contributed by atoms with van der Waals surface area (Å²) in [6.07, 6.45) is 16.1. The molecule has 0 aromatic heterocycles. The molecular formula is C62H81NO13. The molecule has 0 amide bonds. The number of methoxy groups -OCH3 is 1. The van der Waals surface area contributed by atoms with E-state index >= 15 is 4.79 Å². The maximum Gasteiger partial charge on any atom is 0.334 e. The SMILES string of the molecule is COc1cc(/C=C(\C[C@@H]2c3cc(CCO)ccc3CC[C@H]2CO)C(=O)O[C@@H]2[C@H](OC(=O)CC[C@@H]3[C@@H]4C=C[C@]56C[C@@H]7CCC[C@H](C)[C@@H]7[C@@H]7C=C[C@]35[C@H](CC[C@@H]6[C@@H]4C)[C@@H]7O)[C@@H](O)[C@H]3O[C@]2(O)C=C[C@@H]3NC[C@H](C)O)ccc1O. The van der Waals surface area contributed by atoms with Crippen LogP contribution in [0.25, 0.3) is 6.08 Å². The normalized spacial score (nSPS) is 41.8. The second-order valence-electron chi connectivity index (χ2n) is 24.7. The molecule has 0 unspecified atom stereocenters. The van der Waals surface area contributed by atoms with Crippen molar-refractivity contribution in [3.05, 3.63) is 101 Å². The van der Waals surface area contributed by atoms with Gasteiger partial charge in [0.2, 0.25) is 5.79 Å². The van der Waals surface area contributed by atoms with Crippen molar-refractivity contribution >= 4 is 18.0 Å². The lowest BCUT2D eigenvalue weighted by molar-refractivity contribution is -0.333. The van der Waals surface area contributed by atoms with Gasteiger partial charge in [-0.15, -0.1) is 0 Å². The molecule has 76 heavy (non-hydrogen) atoms. The predicted molar refractivity (Wildman–Crippen MR) is 283 cm³/mol. The van der Waals surface area contributed by atoms with Crippen LogP contribution in [0.1, 0.15) is 113 Å². The Balaban J connectivity index is 0.918. The second kappa shape index (κ2) is 21.0. The fourth-order valence-electron chi connectivity index (χ4n) is 17.7. The van der Waals surface area contributed by atoms with Crippen LogP contribution in [-0.2, 0) is 36.6 Å². The van der Waals surface area contributed by atoms with Gasteiger partial charge in [-0.3, -0.25) is 4.79 Å². The number of aromatic hydroxyl groups is 1. The van der Waals surface area contributed by atoms with Crippen LogP contribution >= 0.6 is 0 Å². The first kappa shape index (κ1) is 53.6. The van der Waals surface area contributed by atoms with Crippen LogP contribution in [0.4, 0.5) is 0 Å². The maximum atomic E-state index is 15.2. The molecule has 4 saturated carbocycles. The summed E-state index contributed by atoms with van der Waals surface area (Å²) >= 11 is 0. The minimum absolute atomic E-state index is 0.0173. The minimum atomic E-state index is -2.37. The molecule has 2 spiro atoms. The lowest BCUT2D eigenvalue weighted by Gasteiger charge is -2.75. The molecule has 5 fully saturated rings. The van der Waals surface area contributed by atoms with E-state index in [-0.39, 0.29) is 96.0 Å². The van der Waals surface area contributed by atoms with Crippen LogP contribution in [0.2, 0.25) is 0 Å². The Hall–Kier alpha value is -4.38. The summed E-state index contributed by atoms with van der Waals surface area (Å²) in [5.74, 6) is -1.69. The molecule has 13 rings (SSSR count). The Bertz CT molecular complexity index is 2630. The number of benzene rings is 2. The molecule has 8 N–H and O–H groups in total. The number of nitrogens with one attached hydrogen (secondary N) is 1. The number of hydrogen-bond acceptors (Lipinski definition) is 14. The summed E-state index contributed by atoms with van der Waals surface area (Å²) in [5, 5.41) is 82.1. The van der Waals surface area contributed by atoms with Crippen LogP contribution in [0.15, 0.2) is 78.4 Å². The van der Waals surface area contributed by atoms with E-state index in [4.69, 9.17) is 18.9 Å². The first-order valence-electron chi connectivity index (χ1n) is 28.6. The van der Waals surface area contributed by atoms with Crippen LogP contribution in [0.5, 0.6) is 11.5 Å². The van der Waals surface area contributed by atoms with Gasteiger partial charge in [-0.2, -0.15) is 0 Å². The molecule has 14 heteroatoms. The van der Waals surface area contributed by atoms with Crippen molar-refractivity contribution in [3.63, 3.8) is 0 Å². The number of aliphatic hydroxyl groups is 6. The molecule has 412 valence electrons. The summed E-state index contributed by atoms with van der Waals surface area (Å²) in [4.78, 5) is 30.0. The van der Waals surface area contributed by atoms with Crippen molar-refractivity contribution < 1.29 is 64.3 Å². The number of phenolic OH excluding ortho intramolecular Hbond substituents is 1. The van der Waals surface area contributed by atoms with Crippen LogP contribution in [0.3, 0.4) is 0 Å². The molecule has 2 aromatic rings. The average Bonchev–Trinajstić information content (AvgIpc) is 3.55. The quantitative estimate of drug-likeness (QED) is 0.0514. The summed E-state index contributed by atoms with van der Waals surface area (Å²) in [6, 6.07) is 9.96. The first-order valence-corrected chi connectivity index (χ1v) is 28.6. The van der Waals surface area contributed by atoms with E-state index in [1.807, 2.05) is 18.2 Å². The maximum absolute atomic E-state index is 15.2. The average molecular weight is 1050 g/mol. The lowest BCUT2D eigenvalue weighted by atomic mass is 9.29. The number of aliphatic hydroxyl groups excluding tert-OH is 5. The van der Waals surface area contributed by atoms with Crippen molar-refractivity contribution in [2.24, 2.45) is 70.0 Å². The van der Waals surface area contributed by atoms with Gasteiger partial charge in [0.05, 0.1) is 25.4 Å². The number of aryl methyl sites for hydroxylation is 1. The van der Waals surface area contributed by atoms with E-state index in [2.05, 4.69) is 43.5 Å². The Morgan fingerprint density at radius 3 is 2.51 bits per heavy atom. The van der Waals surface area contributed by atoms with Gasteiger partial charge in [-0.05, 0) is 164 Å². The predicted octanol–water partition coefficient (Wildman–Crippen LogP) is 6.46. The van der Waals surface area contributed by atoms with Gasteiger partial charge in [-0.1, -0.05) is 87.8 Å². The van der Waals surface area contributed by atoms with E-state index in [0.717, 1.165) is 36.0 Å². The summed E-state index contributed by atoms with van der Waals surface area (Å²) in [5.41, 5.74) is 3.05. The third-order valence-corrected chi connectivity index (χ3v) is 20.9. The third-order valence-electron chi connectivity index (χ3n) is 20.9. The molecule has 2 heterocycles. The smallest absolute Gasteiger partial charge is 0.334 e. The van der Waals surface area contributed by atoms with Crippen molar-refractivity contribution in [1.29, 1.82) is 0 Å². The zero-order chi connectivity index (χ0) is 53.4. The van der Waals surface area contributed by atoms with Crippen molar-refractivity contribution in [3.8, 4) is 11.5 Å². The van der Waals surface area contributed by atoms with Crippen LogP contribution in [0, 0.1) is 70.0 Å². The fraction of sp³-hybridized carbons (Fsp3) is 0.645. The largest absolute Gasteiger partial charge is 0.504 e. The summed E-state index contributed by atoms with van der Waals surface area (Å²) in [6.45, 7) is 6.32. The Morgan fingerprint density at radius 2 is 1.74 bits per heavy atom. The molecule has 9 aliphatic carbocycles. The first-order chi connectivity index (χ1) is 36.5. The van der Waals surface area contributed by atoms with E-state index in [1.54, 1.807) is 31.2 Å². The van der Waals surface area contributed by atoms with Gasteiger partial charge in [0, 0.05) is 48.5 Å². The highest BCUT2D eigenvalue weighted by Crippen LogP contribution is 2.78. The Labute approximate surface area is 447 Å². The monoisotopic (exact) mass is 1050 g/mol. The number of fused-ring (bicyclic) bond motifs is 3. The van der Waals surface area contributed by atoms with Crippen molar-refractivity contribution in [2.75, 3.05) is 26.9 Å². The number of ether oxygens (including phenoxy) is 4. The number of hydrogen-bond donors (Lipinski definition) is 8. The van der Waals surface area contributed by atoms with Crippen molar-refractivity contribution in [1.82, 2.24) is 5.32 Å². The van der Waals surface area contributed by atoms with Gasteiger partial charge in [0.15, 0.2) is 23.7 Å². The van der Waals surface area contributed by atoms with Gasteiger partial charge < -0.3 is 60.0 Å². The Kier molecular flexibility index (Phi) is 14.8. The lowest BCUT2D eigenvalue weighted by Crippen LogP contribution is -2.71. The van der Waals surface area contributed by atoms with Gasteiger partial charge in [-0.25, -0.2) is 4.79 Å². The molecule has 8 bridgehead atoms. The van der Waals surface area contributed by atoms with E-state index in [1.165, 1.54) is 38.5 Å². The molecule has 14 nitrogen and oxygen atoms in total. The molecule has 1 saturated heterocycles. The highest BCUT2D eigenvalue weighted by molar-refractivity contribution is 5.94. The van der Waals surface area contributed by atoms with E-state index in [9.17, 15) is 40.5 Å².